The first-order valence-corrected chi connectivity index (χ1v) is 20.4. The summed E-state index contributed by atoms with van der Waals surface area (Å²) in [4.78, 5) is 28.6. The number of thioether (sulfide) groups is 1. The summed E-state index contributed by atoms with van der Waals surface area (Å²) in [5.74, 6) is 0.214. The first-order valence-electron chi connectivity index (χ1n) is 18.0. The fourth-order valence-corrected chi connectivity index (χ4v) is 7.91. The van der Waals surface area contributed by atoms with Crippen molar-refractivity contribution in [3.05, 3.63) is 124 Å². The molecule has 1 aromatic heterocycles. The zero-order valence-electron chi connectivity index (χ0n) is 31.0. The van der Waals surface area contributed by atoms with Crippen LogP contribution in [0.3, 0.4) is 0 Å². The number of hydrogen-bond donors (Lipinski definition) is 2. The van der Waals surface area contributed by atoms with E-state index in [9.17, 15) is 36.5 Å². The molecule has 0 saturated carbocycles. The first kappa shape index (κ1) is 41.7. The molecular formula is C39H38F3N7O7S2. The van der Waals surface area contributed by atoms with Crippen LogP contribution in [0.25, 0.3) is 11.1 Å². The second kappa shape index (κ2) is 18.6. The van der Waals surface area contributed by atoms with Gasteiger partial charge in [0, 0.05) is 56.0 Å². The van der Waals surface area contributed by atoms with Crippen LogP contribution >= 0.6 is 11.8 Å². The van der Waals surface area contributed by atoms with Gasteiger partial charge in [-0.2, -0.15) is 0 Å². The summed E-state index contributed by atoms with van der Waals surface area (Å²) in [7, 11) is -4.53. The van der Waals surface area contributed by atoms with Gasteiger partial charge in [0.15, 0.2) is 11.5 Å². The number of halogens is 3. The van der Waals surface area contributed by atoms with Crippen molar-refractivity contribution in [2.75, 3.05) is 55.3 Å². The van der Waals surface area contributed by atoms with Crippen molar-refractivity contribution in [3.63, 3.8) is 0 Å². The number of nitrogens with zero attached hydrogens (tertiary/aromatic N) is 5. The number of nitro groups is 1. The molecule has 6 rings (SSSR count). The number of rotatable bonds is 16. The molecule has 4 aromatic carbocycles. The van der Waals surface area contributed by atoms with Gasteiger partial charge in [0.1, 0.15) is 17.2 Å². The Labute approximate surface area is 336 Å². The molecule has 58 heavy (non-hydrogen) atoms. The van der Waals surface area contributed by atoms with Gasteiger partial charge < -0.3 is 19.7 Å². The van der Waals surface area contributed by atoms with E-state index in [1.165, 1.54) is 30.3 Å². The van der Waals surface area contributed by atoms with Gasteiger partial charge in [-0.3, -0.25) is 19.8 Å². The third-order valence-electron chi connectivity index (χ3n) is 8.80. The molecule has 1 amide bonds. The normalized spacial score (nSPS) is 13.5. The summed E-state index contributed by atoms with van der Waals surface area (Å²) in [6, 6.07) is 27.4. The maximum Gasteiger partial charge on any atom is 0.573 e. The molecule has 19 heteroatoms. The Balaban J connectivity index is 1.04. The number of carbonyl (C=O) groups is 1. The third kappa shape index (κ3) is 11.4. The summed E-state index contributed by atoms with van der Waals surface area (Å²) in [5.41, 5.74) is 1.20. The Morgan fingerprint density at radius 1 is 0.897 bits per heavy atom. The highest BCUT2D eigenvalue weighted by atomic mass is 32.2. The number of sulfonamides is 1. The van der Waals surface area contributed by atoms with E-state index in [1.54, 1.807) is 36.0 Å². The van der Waals surface area contributed by atoms with Gasteiger partial charge in [0.25, 0.3) is 21.6 Å². The van der Waals surface area contributed by atoms with E-state index in [0.29, 0.717) is 79.9 Å². The minimum absolute atomic E-state index is 0.130. The van der Waals surface area contributed by atoms with Crippen LogP contribution in [-0.4, -0.2) is 85.8 Å². The van der Waals surface area contributed by atoms with E-state index in [-0.39, 0.29) is 17.1 Å². The van der Waals surface area contributed by atoms with Crippen LogP contribution in [0.2, 0.25) is 0 Å². The molecule has 5 aromatic rings. The lowest BCUT2D eigenvalue weighted by molar-refractivity contribution is -0.384. The Morgan fingerprint density at radius 2 is 1.66 bits per heavy atom. The van der Waals surface area contributed by atoms with Crippen molar-refractivity contribution in [1.82, 2.24) is 19.8 Å². The van der Waals surface area contributed by atoms with Gasteiger partial charge >= 0.3 is 6.36 Å². The molecule has 0 unspecified atom stereocenters. The number of hydrogen-bond acceptors (Lipinski definition) is 13. The van der Waals surface area contributed by atoms with Crippen molar-refractivity contribution in [2.24, 2.45) is 0 Å². The number of piperazine rings is 1. The largest absolute Gasteiger partial charge is 0.573 e. The van der Waals surface area contributed by atoms with E-state index in [0.717, 1.165) is 17.0 Å². The second-order valence-corrected chi connectivity index (χ2v) is 15.7. The van der Waals surface area contributed by atoms with Crippen molar-refractivity contribution in [3.8, 4) is 22.6 Å². The van der Waals surface area contributed by atoms with E-state index >= 15 is 0 Å². The molecule has 0 atom stereocenters. The lowest BCUT2D eigenvalue weighted by atomic mass is 10.0. The van der Waals surface area contributed by atoms with Gasteiger partial charge in [0.2, 0.25) is 0 Å². The molecule has 1 aliphatic rings. The van der Waals surface area contributed by atoms with Crippen LogP contribution in [0.15, 0.2) is 113 Å². The van der Waals surface area contributed by atoms with Gasteiger partial charge in [-0.05, 0) is 90.3 Å². The molecule has 2 N–H and O–H groups in total. The Morgan fingerprint density at radius 3 is 2.34 bits per heavy atom. The van der Waals surface area contributed by atoms with Crippen molar-refractivity contribution < 1.29 is 40.8 Å². The summed E-state index contributed by atoms with van der Waals surface area (Å²) in [6.07, 6.45) is -4.87. The van der Waals surface area contributed by atoms with Crippen LogP contribution < -0.4 is 24.4 Å². The van der Waals surface area contributed by atoms with E-state index in [4.69, 9.17) is 4.74 Å². The lowest BCUT2D eigenvalue weighted by Gasteiger charge is -2.35. The number of nitrogens with one attached hydrogen (secondary N) is 2. The fraction of sp³-hybridized carbons (Fsp3) is 0.256. The van der Waals surface area contributed by atoms with Crippen molar-refractivity contribution in [2.45, 2.75) is 29.6 Å². The monoisotopic (exact) mass is 837 g/mol. The predicted molar refractivity (Wildman–Crippen MR) is 213 cm³/mol. The molecule has 0 aliphatic carbocycles. The number of nitro benzene ring substituents is 1. The minimum Gasteiger partial charge on any atom is -0.494 e. The van der Waals surface area contributed by atoms with Crippen LogP contribution in [-0.2, 0) is 16.6 Å². The minimum atomic E-state index is -4.87. The quantitative estimate of drug-likeness (QED) is 0.0452. The topological polar surface area (TPSA) is 169 Å². The first-order chi connectivity index (χ1) is 27.8. The van der Waals surface area contributed by atoms with Crippen LogP contribution in [0.1, 0.15) is 23.0 Å². The SMILES string of the molecule is CCOc1cccc(-c2cc(CN3CCN(c4ccc(C(=O)NS(=O)(=O)c5ccc(NCCSc6ccccc6)c([N+](=O)[O-])c5)nn4)CC3)cc(OC(F)(F)F)c2)c1. The molecule has 14 nitrogen and oxygen atoms in total. The molecular weight excluding hydrogens is 800 g/mol. The maximum absolute atomic E-state index is 13.2. The predicted octanol–water partition coefficient (Wildman–Crippen LogP) is 6.99. The molecule has 0 bridgehead atoms. The highest BCUT2D eigenvalue weighted by Gasteiger charge is 2.32. The average Bonchev–Trinajstić information content (AvgIpc) is 3.19. The zero-order chi connectivity index (χ0) is 41.3. The molecule has 2 heterocycles. The number of aromatic nitrogens is 2. The standard InChI is InChI=1S/C39H38F3N7O7S2/c1-2-55-30-8-6-7-28(23-30)29-21-27(22-31(24-29)56-39(40,41)42)26-47-16-18-48(19-17-47)37-14-13-35(44-45-37)38(50)46-58(53,54)33-11-12-34(36(25-33)49(51)52)43-15-20-57-32-9-4-3-5-10-32/h3-14,21-25,43H,2,15-20,26H2,1H3,(H,46,50). The Bertz CT molecular complexity index is 2330. The maximum atomic E-state index is 13.2. The number of anilines is 2. The summed E-state index contributed by atoms with van der Waals surface area (Å²) >= 11 is 1.55. The molecule has 1 fully saturated rings. The molecule has 304 valence electrons. The average molecular weight is 838 g/mol. The van der Waals surface area contributed by atoms with Gasteiger partial charge in [0.05, 0.1) is 16.4 Å². The third-order valence-corrected chi connectivity index (χ3v) is 11.1. The second-order valence-electron chi connectivity index (χ2n) is 12.9. The van der Waals surface area contributed by atoms with Crippen LogP contribution in [0, 0.1) is 10.1 Å². The lowest BCUT2D eigenvalue weighted by Crippen LogP contribution is -2.46. The van der Waals surface area contributed by atoms with Gasteiger partial charge in [-0.1, -0.05) is 30.3 Å². The van der Waals surface area contributed by atoms with Gasteiger partial charge in [-0.25, -0.2) is 13.1 Å². The molecule has 1 aliphatic heterocycles. The number of ether oxygens (including phenoxy) is 2. The van der Waals surface area contributed by atoms with E-state index in [1.807, 2.05) is 52.9 Å². The van der Waals surface area contributed by atoms with E-state index in [2.05, 4.69) is 25.2 Å². The number of alkyl halides is 3. The Hall–Kier alpha value is -5.92. The van der Waals surface area contributed by atoms with Crippen molar-refractivity contribution in [1.29, 1.82) is 0 Å². The molecule has 0 radical (unpaired) electrons. The number of amides is 1. The highest BCUT2D eigenvalue weighted by Crippen LogP contribution is 2.33. The highest BCUT2D eigenvalue weighted by molar-refractivity contribution is 7.99. The van der Waals surface area contributed by atoms with E-state index < -0.39 is 37.8 Å². The van der Waals surface area contributed by atoms with Crippen LogP contribution in [0.5, 0.6) is 11.5 Å². The molecule has 0 spiro atoms. The molecule has 1 saturated heterocycles. The summed E-state index contributed by atoms with van der Waals surface area (Å²) in [6.45, 7) is 5.00. The van der Waals surface area contributed by atoms with Crippen molar-refractivity contribution >= 4 is 44.9 Å². The fourth-order valence-electron chi connectivity index (χ4n) is 6.14. The van der Waals surface area contributed by atoms with Gasteiger partial charge in [-0.15, -0.1) is 35.1 Å². The summed E-state index contributed by atoms with van der Waals surface area (Å²) < 4.78 is 77.7. The Kier molecular flexibility index (Phi) is 13.3. The summed E-state index contributed by atoms with van der Waals surface area (Å²) in [5, 5.41) is 22.8. The number of benzene rings is 4. The zero-order valence-corrected chi connectivity index (χ0v) is 32.6. The smallest absolute Gasteiger partial charge is 0.494 e. The van der Waals surface area contributed by atoms with Crippen LogP contribution in [0.4, 0.5) is 30.4 Å². The number of carbonyl (C=O) groups excluding carboxylic acids is 1.